The molecule has 0 amide bonds. The van der Waals surface area contributed by atoms with Gasteiger partial charge in [-0.25, -0.2) is 4.68 Å². The van der Waals surface area contributed by atoms with Crippen molar-refractivity contribution in [1.82, 2.24) is 20.0 Å². The van der Waals surface area contributed by atoms with E-state index in [2.05, 4.69) is 42.3 Å². The predicted molar refractivity (Wildman–Crippen MR) is 131 cm³/mol. The highest BCUT2D eigenvalue weighted by molar-refractivity contribution is 14.0. The van der Waals surface area contributed by atoms with Gasteiger partial charge in [-0.15, -0.1) is 24.0 Å². The molecular formula is C22H36IN5O. The van der Waals surface area contributed by atoms with E-state index in [0.717, 1.165) is 49.7 Å². The number of aliphatic hydroxyl groups is 1. The Kier molecular flexibility index (Phi) is 11.9. The fraction of sp³-hybridized carbons (Fsp3) is 0.545. The molecule has 0 radical (unpaired) electrons. The van der Waals surface area contributed by atoms with E-state index in [-0.39, 0.29) is 30.6 Å². The molecule has 2 N–H and O–H groups in total. The molecule has 0 spiro atoms. The number of hydrogen-bond acceptors (Lipinski definition) is 3. The number of nitrogens with one attached hydrogen (secondary N) is 1. The Hall–Kier alpha value is -1.61. The van der Waals surface area contributed by atoms with Gasteiger partial charge in [-0.05, 0) is 43.7 Å². The minimum absolute atomic E-state index is 0. The van der Waals surface area contributed by atoms with Crippen molar-refractivity contribution in [3.05, 3.63) is 48.3 Å². The number of nitrogens with zero attached hydrogens (tertiary/aromatic N) is 4. The summed E-state index contributed by atoms with van der Waals surface area (Å²) < 4.78 is 1.90. The minimum atomic E-state index is 0. The van der Waals surface area contributed by atoms with Crippen LogP contribution in [0.3, 0.4) is 0 Å². The van der Waals surface area contributed by atoms with Crippen molar-refractivity contribution in [3.8, 4) is 5.69 Å². The van der Waals surface area contributed by atoms with Crippen molar-refractivity contribution < 1.29 is 5.11 Å². The average molecular weight is 513 g/mol. The molecule has 0 fully saturated rings. The summed E-state index contributed by atoms with van der Waals surface area (Å²) in [6.07, 6.45) is 5.84. The van der Waals surface area contributed by atoms with E-state index in [1.165, 1.54) is 0 Å². The zero-order valence-electron chi connectivity index (χ0n) is 18.1. The van der Waals surface area contributed by atoms with Crippen LogP contribution in [-0.4, -0.2) is 52.5 Å². The second kappa shape index (κ2) is 13.6. The molecule has 1 unspecified atom stereocenters. The standard InChI is InChI=1S/C22H35N5O.HI/c1-5-23-22(24-14-19(11-12-28)13-18(2)3)26(4)16-20-15-25-27(17-20)21-9-7-6-8-10-21;/h6-10,15,17-19,28H,5,11-14,16H2,1-4H3,(H,23,24);1H. The van der Waals surface area contributed by atoms with Crippen LogP contribution in [0.5, 0.6) is 0 Å². The first-order valence-electron chi connectivity index (χ1n) is 10.2. The van der Waals surface area contributed by atoms with E-state index in [9.17, 15) is 5.11 Å². The molecule has 0 aliphatic heterocycles. The van der Waals surface area contributed by atoms with Gasteiger partial charge in [0.1, 0.15) is 0 Å². The lowest BCUT2D eigenvalue weighted by Crippen LogP contribution is -2.38. The van der Waals surface area contributed by atoms with Gasteiger partial charge in [-0.3, -0.25) is 4.99 Å². The van der Waals surface area contributed by atoms with Crippen LogP contribution in [0.4, 0.5) is 0 Å². The number of halogens is 1. The third kappa shape index (κ3) is 8.74. The Bertz CT molecular complexity index is 717. The SMILES string of the molecule is CCNC(=NCC(CCO)CC(C)C)N(C)Cc1cnn(-c2ccccc2)c1.I. The van der Waals surface area contributed by atoms with Crippen LogP contribution < -0.4 is 5.32 Å². The highest BCUT2D eigenvalue weighted by atomic mass is 127. The summed E-state index contributed by atoms with van der Waals surface area (Å²) in [6.45, 7) is 9.02. The van der Waals surface area contributed by atoms with Crippen LogP contribution >= 0.6 is 24.0 Å². The van der Waals surface area contributed by atoms with E-state index < -0.39 is 0 Å². The van der Waals surface area contributed by atoms with Crippen molar-refractivity contribution in [1.29, 1.82) is 0 Å². The topological polar surface area (TPSA) is 65.7 Å². The first-order valence-corrected chi connectivity index (χ1v) is 10.2. The molecule has 162 valence electrons. The zero-order chi connectivity index (χ0) is 20.4. The summed E-state index contributed by atoms with van der Waals surface area (Å²) in [5.41, 5.74) is 2.18. The largest absolute Gasteiger partial charge is 0.396 e. The molecule has 2 aromatic rings. The predicted octanol–water partition coefficient (Wildman–Crippen LogP) is 3.93. The third-order valence-corrected chi connectivity index (χ3v) is 4.61. The number of para-hydroxylation sites is 1. The van der Waals surface area contributed by atoms with Crippen molar-refractivity contribution in [2.24, 2.45) is 16.8 Å². The van der Waals surface area contributed by atoms with E-state index in [4.69, 9.17) is 4.99 Å². The van der Waals surface area contributed by atoms with Gasteiger partial charge in [0, 0.05) is 45.0 Å². The molecule has 0 saturated heterocycles. The number of aliphatic imine (C=N–C) groups is 1. The van der Waals surface area contributed by atoms with Gasteiger partial charge in [-0.2, -0.15) is 5.10 Å². The second-order valence-electron chi connectivity index (χ2n) is 7.69. The monoisotopic (exact) mass is 513 g/mol. The zero-order valence-corrected chi connectivity index (χ0v) is 20.4. The Morgan fingerprint density at radius 2 is 2.00 bits per heavy atom. The van der Waals surface area contributed by atoms with Crippen molar-refractivity contribution in [3.63, 3.8) is 0 Å². The molecule has 29 heavy (non-hydrogen) atoms. The Morgan fingerprint density at radius 1 is 1.28 bits per heavy atom. The smallest absolute Gasteiger partial charge is 0.193 e. The summed E-state index contributed by atoms with van der Waals surface area (Å²) in [7, 11) is 2.05. The van der Waals surface area contributed by atoms with Gasteiger partial charge in [0.25, 0.3) is 0 Å². The fourth-order valence-electron chi connectivity index (χ4n) is 3.33. The molecule has 2 rings (SSSR count). The number of hydrogen-bond donors (Lipinski definition) is 2. The summed E-state index contributed by atoms with van der Waals surface area (Å²) in [4.78, 5) is 6.97. The van der Waals surface area contributed by atoms with Gasteiger partial charge >= 0.3 is 0 Å². The number of rotatable bonds is 10. The highest BCUT2D eigenvalue weighted by Gasteiger charge is 2.13. The molecular weight excluding hydrogens is 477 g/mol. The molecule has 7 heteroatoms. The molecule has 1 aromatic carbocycles. The fourth-order valence-corrected chi connectivity index (χ4v) is 3.33. The number of aliphatic hydroxyl groups excluding tert-OH is 1. The lowest BCUT2D eigenvalue weighted by Gasteiger charge is -2.23. The van der Waals surface area contributed by atoms with Gasteiger partial charge in [-0.1, -0.05) is 32.0 Å². The first kappa shape index (κ1) is 25.4. The van der Waals surface area contributed by atoms with Gasteiger partial charge in [0.05, 0.1) is 11.9 Å². The average Bonchev–Trinajstić information content (AvgIpc) is 3.13. The van der Waals surface area contributed by atoms with E-state index in [1.54, 1.807) is 0 Å². The molecule has 1 aromatic heterocycles. The molecule has 6 nitrogen and oxygen atoms in total. The number of guanidine groups is 1. The minimum Gasteiger partial charge on any atom is -0.396 e. The van der Waals surface area contributed by atoms with Crippen molar-refractivity contribution in [2.45, 2.75) is 40.2 Å². The van der Waals surface area contributed by atoms with E-state index >= 15 is 0 Å². The molecule has 1 atom stereocenters. The van der Waals surface area contributed by atoms with Crippen LogP contribution in [0.15, 0.2) is 47.7 Å². The van der Waals surface area contributed by atoms with Crippen LogP contribution in [0, 0.1) is 11.8 Å². The van der Waals surface area contributed by atoms with E-state index in [0.29, 0.717) is 11.8 Å². The third-order valence-electron chi connectivity index (χ3n) is 4.61. The Labute approximate surface area is 192 Å². The quantitative estimate of drug-likeness (QED) is 0.287. The summed E-state index contributed by atoms with van der Waals surface area (Å²) in [5, 5.41) is 17.2. The molecule has 0 aliphatic carbocycles. The molecule has 0 saturated carbocycles. The van der Waals surface area contributed by atoms with Gasteiger partial charge in [0.2, 0.25) is 0 Å². The van der Waals surface area contributed by atoms with E-state index in [1.807, 2.05) is 48.3 Å². The van der Waals surface area contributed by atoms with Crippen LogP contribution in [0.1, 0.15) is 39.2 Å². The van der Waals surface area contributed by atoms with Gasteiger partial charge in [0.15, 0.2) is 5.96 Å². The van der Waals surface area contributed by atoms with Crippen LogP contribution in [0.25, 0.3) is 5.69 Å². The maximum absolute atomic E-state index is 9.33. The normalized spacial score (nSPS) is 12.6. The number of benzene rings is 1. The molecule has 1 heterocycles. The molecule has 0 bridgehead atoms. The molecule has 0 aliphatic rings. The van der Waals surface area contributed by atoms with Crippen LogP contribution in [-0.2, 0) is 6.54 Å². The number of aromatic nitrogens is 2. The van der Waals surface area contributed by atoms with Crippen LogP contribution in [0.2, 0.25) is 0 Å². The first-order chi connectivity index (χ1) is 13.5. The Morgan fingerprint density at radius 3 is 2.62 bits per heavy atom. The van der Waals surface area contributed by atoms with Crippen molar-refractivity contribution in [2.75, 3.05) is 26.7 Å². The van der Waals surface area contributed by atoms with Gasteiger partial charge < -0.3 is 15.3 Å². The highest BCUT2D eigenvalue weighted by Crippen LogP contribution is 2.16. The lowest BCUT2D eigenvalue weighted by molar-refractivity contribution is 0.245. The Balaban J connectivity index is 0.00000420. The van der Waals surface area contributed by atoms with Crippen molar-refractivity contribution >= 4 is 29.9 Å². The maximum Gasteiger partial charge on any atom is 0.193 e. The summed E-state index contributed by atoms with van der Waals surface area (Å²) >= 11 is 0. The maximum atomic E-state index is 9.33. The summed E-state index contributed by atoms with van der Waals surface area (Å²) in [5.74, 6) is 1.91. The lowest BCUT2D eigenvalue weighted by atomic mass is 9.94. The second-order valence-corrected chi connectivity index (χ2v) is 7.69. The summed E-state index contributed by atoms with van der Waals surface area (Å²) in [6, 6.07) is 10.1.